The Bertz CT molecular complexity index is 596. The van der Waals surface area contributed by atoms with Crippen molar-refractivity contribution < 1.29 is 4.39 Å². The highest BCUT2D eigenvalue weighted by molar-refractivity contribution is 7.99. The molecular weight excluding hydrogens is 261 g/mol. The van der Waals surface area contributed by atoms with Gasteiger partial charge in [0, 0.05) is 17.4 Å². The molecule has 1 aromatic carbocycles. The zero-order valence-electron chi connectivity index (χ0n) is 11.0. The fourth-order valence-electron chi connectivity index (χ4n) is 3.01. The van der Waals surface area contributed by atoms with Crippen molar-refractivity contribution in [2.45, 2.75) is 37.5 Å². The number of rotatable bonds is 3. The van der Waals surface area contributed by atoms with E-state index in [9.17, 15) is 4.39 Å². The summed E-state index contributed by atoms with van der Waals surface area (Å²) in [5, 5.41) is 0.715. The van der Waals surface area contributed by atoms with Crippen molar-refractivity contribution >= 4 is 28.7 Å². The van der Waals surface area contributed by atoms with Crippen LogP contribution in [0, 0.1) is 5.82 Å². The lowest BCUT2D eigenvalue weighted by molar-refractivity contribution is 0.540. The van der Waals surface area contributed by atoms with Crippen molar-refractivity contribution in [3.8, 4) is 0 Å². The predicted molar refractivity (Wildman–Crippen MR) is 78.9 cm³/mol. The summed E-state index contributed by atoms with van der Waals surface area (Å²) in [6, 6.07) is 5.12. The Kier molecular flexibility index (Phi) is 3.39. The van der Waals surface area contributed by atoms with Crippen LogP contribution in [0.1, 0.15) is 32.2 Å². The van der Waals surface area contributed by atoms with E-state index in [1.807, 2.05) is 11.8 Å². The molecule has 1 aromatic heterocycles. The number of thioether (sulfide) groups is 1. The molecule has 0 spiro atoms. The van der Waals surface area contributed by atoms with Gasteiger partial charge in [-0.2, -0.15) is 11.8 Å². The standard InChI is InChI=1S/C14H18FN3S/c1-2-19-11-5-4-10(8-11)18-13-6-3-9(15)7-12(13)17-14(18)16/h3,6-7,10-11H,2,4-5,8H2,1H3,(H2,16,17). The van der Waals surface area contributed by atoms with Gasteiger partial charge in [0.05, 0.1) is 11.0 Å². The zero-order chi connectivity index (χ0) is 13.4. The first-order valence-electron chi connectivity index (χ1n) is 6.73. The maximum atomic E-state index is 13.2. The van der Waals surface area contributed by atoms with Crippen LogP contribution < -0.4 is 5.73 Å². The van der Waals surface area contributed by atoms with Crippen LogP contribution in [0.3, 0.4) is 0 Å². The van der Waals surface area contributed by atoms with Crippen LogP contribution in [0.4, 0.5) is 10.3 Å². The molecular formula is C14H18FN3S. The number of nitrogens with zero attached hydrogens (tertiary/aromatic N) is 2. The van der Waals surface area contributed by atoms with Crippen molar-refractivity contribution in [1.82, 2.24) is 9.55 Å². The number of imidazole rings is 1. The molecule has 1 saturated carbocycles. The molecule has 1 aliphatic rings. The fraction of sp³-hybridized carbons (Fsp3) is 0.500. The molecule has 3 rings (SSSR count). The van der Waals surface area contributed by atoms with Crippen LogP contribution in [0.25, 0.3) is 11.0 Å². The normalized spacial score (nSPS) is 23.3. The summed E-state index contributed by atoms with van der Waals surface area (Å²) in [5.74, 6) is 1.40. The highest BCUT2D eigenvalue weighted by Gasteiger charge is 2.28. The van der Waals surface area contributed by atoms with Crippen LogP contribution >= 0.6 is 11.8 Å². The summed E-state index contributed by atoms with van der Waals surface area (Å²) in [6.45, 7) is 2.20. The summed E-state index contributed by atoms with van der Waals surface area (Å²) in [6.07, 6.45) is 3.49. The maximum absolute atomic E-state index is 13.2. The van der Waals surface area contributed by atoms with E-state index >= 15 is 0 Å². The third-order valence-electron chi connectivity index (χ3n) is 3.80. The lowest BCUT2D eigenvalue weighted by Crippen LogP contribution is -2.09. The molecule has 2 atom stereocenters. The third-order valence-corrected chi connectivity index (χ3v) is 5.04. The highest BCUT2D eigenvalue weighted by atomic mass is 32.2. The van der Waals surface area contributed by atoms with Crippen molar-refractivity contribution in [3.63, 3.8) is 0 Å². The molecule has 0 saturated heterocycles. The van der Waals surface area contributed by atoms with Crippen LogP contribution in [-0.2, 0) is 0 Å². The van der Waals surface area contributed by atoms with Gasteiger partial charge >= 0.3 is 0 Å². The second-order valence-corrected chi connectivity index (χ2v) is 6.59. The van der Waals surface area contributed by atoms with Gasteiger partial charge in [-0.3, -0.25) is 0 Å². The third kappa shape index (κ3) is 2.31. The minimum absolute atomic E-state index is 0.261. The predicted octanol–water partition coefficient (Wildman–Crippen LogP) is 3.60. The van der Waals surface area contributed by atoms with Crippen LogP contribution in [-0.4, -0.2) is 20.6 Å². The van der Waals surface area contributed by atoms with Crippen LogP contribution in [0.2, 0.25) is 0 Å². The Hall–Kier alpha value is -1.23. The molecule has 2 unspecified atom stereocenters. The average Bonchev–Trinajstić information content (AvgIpc) is 2.92. The van der Waals surface area contributed by atoms with Gasteiger partial charge < -0.3 is 10.3 Å². The average molecular weight is 279 g/mol. The molecule has 0 aliphatic heterocycles. The molecule has 19 heavy (non-hydrogen) atoms. The summed E-state index contributed by atoms with van der Waals surface area (Å²) >= 11 is 2.02. The van der Waals surface area contributed by atoms with Crippen molar-refractivity contribution in [2.24, 2.45) is 0 Å². The largest absolute Gasteiger partial charge is 0.369 e. The van der Waals surface area contributed by atoms with Gasteiger partial charge in [-0.25, -0.2) is 9.37 Å². The first kappa shape index (κ1) is 12.8. The monoisotopic (exact) mass is 279 g/mol. The number of hydrogen-bond donors (Lipinski definition) is 1. The molecule has 5 heteroatoms. The van der Waals surface area contributed by atoms with Gasteiger partial charge in [0.2, 0.25) is 5.95 Å². The minimum atomic E-state index is -0.261. The Morgan fingerprint density at radius 3 is 3.11 bits per heavy atom. The highest BCUT2D eigenvalue weighted by Crippen LogP contribution is 2.39. The van der Waals surface area contributed by atoms with E-state index in [1.54, 1.807) is 6.07 Å². The number of aromatic nitrogens is 2. The first-order valence-corrected chi connectivity index (χ1v) is 7.78. The topological polar surface area (TPSA) is 43.8 Å². The Labute approximate surface area is 116 Å². The maximum Gasteiger partial charge on any atom is 0.201 e. The fourth-order valence-corrected chi connectivity index (χ4v) is 4.15. The number of anilines is 1. The summed E-state index contributed by atoms with van der Waals surface area (Å²) < 4.78 is 15.3. The lowest BCUT2D eigenvalue weighted by Gasteiger charge is -2.15. The van der Waals surface area contributed by atoms with E-state index in [-0.39, 0.29) is 5.82 Å². The summed E-state index contributed by atoms with van der Waals surface area (Å²) in [5.41, 5.74) is 7.63. The van der Waals surface area contributed by atoms with E-state index in [0.717, 1.165) is 24.1 Å². The molecule has 0 radical (unpaired) electrons. The van der Waals surface area contributed by atoms with Crippen molar-refractivity contribution in [2.75, 3.05) is 11.5 Å². The molecule has 2 N–H and O–H groups in total. The second kappa shape index (κ2) is 5.04. The summed E-state index contributed by atoms with van der Waals surface area (Å²) in [7, 11) is 0. The first-order chi connectivity index (χ1) is 9.19. The number of nitrogen functional groups attached to an aromatic ring is 1. The minimum Gasteiger partial charge on any atom is -0.369 e. The molecule has 2 aromatic rings. The molecule has 0 bridgehead atoms. The SMILES string of the molecule is CCSC1CCC(n2c(N)nc3cc(F)ccc32)C1. The van der Waals surface area contributed by atoms with Gasteiger partial charge in [0.1, 0.15) is 5.82 Å². The Morgan fingerprint density at radius 2 is 2.32 bits per heavy atom. The number of nitrogens with two attached hydrogens (primary N) is 1. The van der Waals surface area contributed by atoms with E-state index in [1.165, 1.54) is 18.6 Å². The van der Waals surface area contributed by atoms with E-state index in [4.69, 9.17) is 5.73 Å². The van der Waals surface area contributed by atoms with Gasteiger partial charge in [-0.1, -0.05) is 6.92 Å². The zero-order valence-corrected chi connectivity index (χ0v) is 11.8. The molecule has 1 heterocycles. The van der Waals surface area contributed by atoms with E-state index in [0.29, 0.717) is 22.8 Å². The lowest BCUT2D eigenvalue weighted by atomic mass is 10.2. The number of halogens is 1. The Balaban J connectivity index is 1.95. The molecule has 1 fully saturated rings. The number of hydrogen-bond acceptors (Lipinski definition) is 3. The molecule has 1 aliphatic carbocycles. The van der Waals surface area contributed by atoms with Gasteiger partial charge in [-0.05, 0) is 37.1 Å². The van der Waals surface area contributed by atoms with Crippen molar-refractivity contribution in [1.29, 1.82) is 0 Å². The van der Waals surface area contributed by atoms with E-state index in [2.05, 4.69) is 16.5 Å². The van der Waals surface area contributed by atoms with Gasteiger partial charge in [0.25, 0.3) is 0 Å². The van der Waals surface area contributed by atoms with Crippen LogP contribution in [0.15, 0.2) is 18.2 Å². The van der Waals surface area contributed by atoms with Gasteiger partial charge in [0.15, 0.2) is 0 Å². The van der Waals surface area contributed by atoms with Gasteiger partial charge in [-0.15, -0.1) is 0 Å². The quantitative estimate of drug-likeness (QED) is 0.933. The molecule has 102 valence electrons. The molecule has 3 nitrogen and oxygen atoms in total. The van der Waals surface area contributed by atoms with E-state index < -0.39 is 0 Å². The summed E-state index contributed by atoms with van der Waals surface area (Å²) in [4.78, 5) is 4.28. The smallest absolute Gasteiger partial charge is 0.201 e. The molecule has 0 amide bonds. The number of benzene rings is 1. The van der Waals surface area contributed by atoms with Crippen molar-refractivity contribution in [3.05, 3.63) is 24.0 Å². The Morgan fingerprint density at radius 1 is 1.47 bits per heavy atom. The second-order valence-electron chi connectivity index (χ2n) is 5.02. The van der Waals surface area contributed by atoms with Crippen LogP contribution in [0.5, 0.6) is 0 Å². The number of fused-ring (bicyclic) bond motifs is 1.